The predicted molar refractivity (Wildman–Crippen MR) is 106 cm³/mol. The first kappa shape index (κ1) is 20.6. The van der Waals surface area contributed by atoms with Gasteiger partial charge in [0.25, 0.3) is 0 Å². The average molecular weight is 422 g/mol. The van der Waals surface area contributed by atoms with Crippen molar-refractivity contribution in [3.63, 3.8) is 0 Å². The lowest BCUT2D eigenvalue weighted by Gasteiger charge is -2.36. The Hall–Kier alpha value is -2.65. The first-order valence-electron chi connectivity index (χ1n) is 10.4. The summed E-state index contributed by atoms with van der Waals surface area (Å²) in [5.74, 6) is 0.740. The van der Waals surface area contributed by atoms with Gasteiger partial charge < -0.3 is 14.5 Å². The SMILES string of the molecule is FC(F)(F)COc1nc(N2CCCCC2)nc(N2CCCC[C@@H]2c2cccnc2)n1. The third kappa shape index (κ3) is 5.09. The lowest BCUT2D eigenvalue weighted by Crippen LogP contribution is -2.36. The topological polar surface area (TPSA) is 67.3 Å². The van der Waals surface area contributed by atoms with Crippen molar-refractivity contribution in [1.29, 1.82) is 0 Å². The highest BCUT2D eigenvalue weighted by Gasteiger charge is 2.31. The quantitative estimate of drug-likeness (QED) is 0.723. The summed E-state index contributed by atoms with van der Waals surface area (Å²) >= 11 is 0. The molecular formula is C20H25F3N6O. The smallest absolute Gasteiger partial charge is 0.422 e. The number of pyridine rings is 1. The van der Waals surface area contributed by atoms with E-state index in [0.717, 1.165) is 57.2 Å². The second kappa shape index (κ2) is 9.01. The molecule has 0 unspecified atom stereocenters. The van der Waals surface area contributed by atoms with Crippen molar-refractivity contribution in [1.82, 2.24) is 19.9 Å². The second-order valence-corrected chi connectivity index (χ2v) is 7.66. The van der Waals surface area contributed by atoms with Crippen LogP contribution in [0.25, 0.3) is 0 Å². The lowest BCUT2D eigenvalue weighted by atomic mass is 9.97. The highest BCUT2D eigenvalue weighted by Crippen LogP contribution is 2.34. The summed E-state index contributed by atoms with van der Waals surface area (Å²) in [5, 5.41) is 0. The standard InChI is InChI=1S/C20H25F3N6O/c21-20(22,23)14-30-19-26-17(28-10-3-1-4-11-28)25-18(27-19)29-12-5-2-8-16(29)15-7-6-9-24-13-15/h6-7,9,13,16H,1-5,8,10-12,14H2/t16-/m1/s1. The van der Waals surface area contributed by atoms with Gasteiger partial charge in [-0.3, -0.25) is 4.98 Å². The van der Waals surface area contributed by atoms with E-state index in [1.54, 1.807) is 6.20 Å². The van der Waals surface area contributed by atoms with Crippen LogP contribution in [0.1, 0.15) is 50.1 Å². The van der Waals surface area contributed by atoms with Crippen molar-refractivity contribution in [2.75, 3.05) is 36.0 Å². The van der Waals surface area contributed by atoms with Crippen LogP contribution in [0.4, 0.5) is 25.1 Å². The number of alkyl halides is 3. The molecule has 30 heavy (non-hydrogen) atoms. The van der Waals surface area contributed by atoms with E-state index in [-0.39, 0.29) is 12.1 Å². The molecule has 2 aliphatic heterocycles. The lowest BCUT2D eigenvalue weighted by molar-refractivity contribution is -0.154. The van der Waals surface area contributed by atoms with E-state index in [9.17, 15) is 13.2 Å². The highest BCUT2D eigenvalue weighted by atomic mass is 19.4. The van der Waals surface area contributed by atoms with Crippen LogP contribution in [0.3, 0.4) is 0 Å². The summed E-state index contributed by atoms with van der Waals surface area (Å²) < 4.78 is 43.1. The zero-order valence-corrected chi connectivity index (χ0v) is 16.7. The molecule has 0 spiro atoms. The zero-order valence-electron chi connectivity index (χ0n) is 16.7. The van der Waals surface area contributed by atoms with Crippen LogP contribution in [0.5, 0.6) is 6.01 Å². The Morgan fingerprint density at radius 1 is 0.967 bits per heavy atom. The molecule has 162 valence electrons. The van der Waals surface area contributed by atoms with Gasteiger partial charge in [-0.2, -0.15) is 28.1 Å². The minimum Gasteiger partial charge on any atom is -0.454 e. The van der Waals surface area contributed by atoms with Crippen LogP contribution in [0.15, 0.2) is 24.5 Å². The van der Waals surface area contributed by atoms with Crippen LogP contribution in [0, 0.1) is 0 Å². The van der Waals surface area contributed by atoms with E-state index in [1.165, 1.54) is 0 Å². The van der Waals surface area contributed by atoms with Gasteiger partial charge in [0.05, 0.1) is 6.04 Å². The Balaban J connectivity index is 1.67. The molecule has 2 fully saturated rings. The normalized spacial score (nSPS) is 20.3. The minimum atomic E-state index is -4.46. The third-order valence-corrected chi connectivity index (χ3v) is 5.42. The summed E-state index contributed by atoms with van der Waals surface area (Å²) in [6.07, 6.45) is 5.12. The molecule has 0 aromatic carbocycles. The molecule has 0 aliphatic carbocycles. The number of anilines is 2. The monoisotopic (exact) mass is 422 g/mol. The van der Waals surface area contributed by atoms with Gasteiger partial charge in [0.1, 0.15) is 0 Å². The number of aromatic nitrogens is 4. The summed E-state index contributed by atoms with van der Waals surface area (Å²) in [6, 6.07) is 3.61. The molecular weight excluding hydrogens is 397 g/mol. The van der Waals surface area contributed by atoms with Crippen molar-refractivity contribution in [3.05, 3.63) is 30.1 Å². The maximum atomic E-state index is 12.7. The molecule has 0 saturated carbocycles. The van der Waals surface area contributed by atoms with Crippen molar-refractivity contribution >= 4 is 11.9 Å². The number of hydrogen-bond acceptors (Lipinski definition) is 7. The summed E-state index contributed by atoms with van der Waals surface area (Å²) in [4.78, 5) is 21.4. The molecule has 0 N–H and O–H groups in total. The number of halogens is 3. The van der Waals surface area contributed by atoms with Crippen molar-refractivity contribution < 1.29 is 17.9 Å². The molecule has 1 atom stereocenters. The largest absolute Gasteiger partial charge is 0.454 e. The maximum absolute atomic E-state index is 12.7. The average Bonchev–Trinajstić information content (AvgIpc) is 2.78. The van der Waals surface area contributed by atoms with Crippen LogP contribution in [-0.2, 0) is 0 Å². The third-order valence-electron chi connectivity index (χ3n) is 5.42. The van der Waals surface area contributed by atoms with E-state index < -0.39 is 12.8 Å². The molecule has 2 aromatic heterocycles. The van der Waals surface area contributed by atoms with Crippen LogP contribution < -0.4 is 14.5 Å². The first-order valence-corrected chi connectivity index (χ1v) is 10.4. The van der Waals surface area contributed by atoms with Gasteiger partial charge in [0.2, 0.25) is 11.9 Å². The number of piperidine rings is 2. The van der Waals surface area contributed by atoms with Gasteiger partial charge >= 0.3 is 12.2 Å². The van der Waals surface area contributed by atoms with Crippen molar-refractivity contribution in [2.45, 2.75) is 50.7 Å². The van der Waals surface area contributed by atoms with Gasteiger partial charge in [-0.15, -0.1) is 0 Å². The Morgan fingerprint density at radius 3 is 2.47 bits per heavy atom. The summed E-state index contributed by atoms with van der Waals surface area (Å²) in [6.45, 7) is 0.825. The molecule has 0 amide bonds. The fourth-order valence-corrected chi connectivity index (χ4v) is 4.00. The van der Waals surface area contributed by atoms with E-state index in [4.69, 9.17) is 4.74 Å². The van der Waals surface area contributed by atoms with Gasteiger partial charge in [-0.05, 0) is 50.2 Å². The van der Waals surface area contributed by atoms with E-state index in [0.29, 0.717) is 18.4 Å². The number of ether oxygens (including phenoxy) is 1. The molecule has 4 rings (SSSR count). The predicted octanol–water partition coefficient (Wildman–Crippen LogP) is 3.93. The Morgan fingerprint density at radius 2 is 1.73 bits per heavy atom. The maximum Gasteiger partial charge on any atom is 0.422 e. The van der Waals surface area contributed by atoms with Crippen molar-refractivity contribution in [3.8, 4) is 6.01 Å². The number of nitrogens with zero attached hydrogens (tertiary/aromatic N) is 6. The minimum absolute atomic E-state index is 0.0134. The van der Waals surface area contributed by atoms with Gasteiger partial charge in [0.15, 0.2) is 6.61 Å². The van der Waals surface area contributed by atoms with Gasteiger partial charge in [-0.1, -0.05) is 6.07 Å². The van der Waals surface area contributed by atoms with E-state index in [2.05, 4.69) is 19.9 Å². The molecule has 4 heterocycles. The Bertz CT molecular complexity index is 829. The van der Waals surface area contributed by atoms with E-state index in [1.807, 2.05) is 28.1 Å². The Kier molecular flexibility index (Phi) is 6.19. The van der Waals surface area contributed by atoms with Crippen LogP contribution in [-0.4, -0.2) is 52.4 Å². The fraction of sp³-hybridized carbons (Fsp3) is 0.600. The molecule has 0 bridgehead atoms. The molecule has 2 aliphatic rings. The first-order chi connectivity index (χ1) is 14.5. The highest BCUT2D eigenvalue weighted by molar-refractivity contribution is 5.43. The van der Waals surface area contributed by atoms with Crippen molar-refractivity contribution in [2.24, 2.45) is 0 Å². The molecule has 2 saturated heterocycles. The van der Waals surface area contributed by atoms with Crippen LogP contribution >= 0.6 is 0 Å². The van der Waals surface area contributed by atoms with Gasteiger partial charge in [0, 0.05) is 32.0 Å². The fourth-order valence-electron chi connectivity index (χ4n) is 4.00. The molecule has 0 radical (unpaired) electrons. The molecule has 7 nitrogen and oxygen atoms in total. The summed E-state index contributed by atoms with van der Waals surface area (Å²) in [7, 11) is 0. The number of hydrogen-bond donors (Lipinski definition) is 0. The van der Waals surface area contributed by atoms with E-state index >= 15 is 0 Å². The Labute approximate surface area is 173 Å². The molecule has 10 heteroatoms. The summed E-state index contributed by atoms with van der Waals surface area (Å²) in [5.41, 5.74) is 1.04. The second-order valence-electron chi connectivity index (χ2n) is 7.66. The van der Waals surface area contributed by atoms with Crippen LogP contribution in [0.2, 0.25) is 0 Å². The number of rotatable bonds is 5. The molecule has 2 aromatic rings. The zero-order chi connectivity index (χ0) is 21.0. The van der Waals surface area contributed by atoms with Gasteiger partial charge in [-0.25, -0.2) is 0 Å².